The number of aromatic nitrogens is 2. The molecule has 2 unspecified atom stereocenters. The van der Waals surface area contributed by atoms with E-state index in [0.717, 1.165) is 17.8 Å². The predicted molar refractivity (Wildman–Crippen MR) is 65.4 cm³/mol. The molecule has 0 aromatic carbocycles. The molecule has 0 spiro atoms. The van der Waals surface area contributed by atoms with Gasteiger partial charge in [-0.15, -0.1) is 10.2 Å². The summed E-state index contributed by atoms with van der Waals surface area (Å²) in [6.45, 7) is 5.17. The Balaban J connectivity index is 2.16. The van der Waals surface area contributed by atoms with Crippen LogP contribution in [0, 0.1) is 0 Å². The van der Waals surface area contributed by atoms with E-state index in [4.69, 9.17) is 16.3 Å². The van der Waals surface area contributed by atoms with Gasteiger partial charge in [0.1, 0.15) is 0 Å². The number of carbonyl (C=O) groups is 1. The van der Waals surface area contributed by atoms with Gasteiger partial charge < -0.3 is 9.64 Å². The molecule has 0 N–H and O–H groups in total. The smallest absolute Gasteiger partial charge is 0.285 e. The van der Waals surface area contributed by atoms with Crippen molar-refractivity contribution in [1.82, 2.24) is 15.1 Å². The van der Waals surface area contributed by atoms with Crippen LogP contribution >= 0.6 is 22.9 Å². The molecule has 1 aromatic heterocycles. The molecule has 0 saturated carbocycles. The minimum atomic E-state index is -0.101. The summed E-state index contributed by atoms with van der Waals surface area (Å²) in [5, 5.41) is 7.80. The van der Waals surface area contributed by atoms with Crippen LogP contribution in [0.1, 0.15) is 30.1 Å². The fraction of sp³-hybridized carbons (Fsp3) is 0.700. The number of hydrogen-bond donors (Lipinski definition) is 0. The number of hydrogen-bond acceptors (Lipinski definition) is 5. The molecule has 1 saturated heterocycles. The zero-order chi connectivity index (χ0) is 12.4. The Hall–Kier alpha value is -0.720. The maximum atomic E-state index is 12.2. The number of morpholine rings is 1. The number of nitrogens with zero attached hydrogens (tertiary/aromatic N) is 3. The first-order chi connectivity index (χ1) is 8.11. The van der Waals surface area contributed by atoms with Gasteiger partial charge in [-0.05, 0) is 24.9 Å². The third kappa shape index (κ3) is 2.75. The molecule has 2 rings (SSSR count). The third-order valence-electron chi connectivity index (χ3n) is 2.78. The van der Waals surface area contributed by atoms with Gasteiger partial charge in [-0.2, -0.15) is 0 Å². The van der Waals surface area contributed by atoms with Crippen molar-refractivity contribution >= 4 is 28.8 Å². The SMILES string of the molecule is CCC1COC(C)CN1C(=O)c1nnc(Cl)s1. The first-order valence-electron chi connectivity index (χ1n) is 5.53. The Bertz CT molecular complexity index is 412. The molecule has 1 aliphatic rings. The summed E-state index contributed by atoms with van der Waals surface area (Å²) in [6.07, 6.45) is 0.926. The van der Waals surface area contributed by atoms with Crippen molar-refractivity contribution in [1.29, 1.82) is 0 Å². The normalized spacial score (nSPS) is 25.0. The number of ether oxygens (including phenoxy) is 1. The van der Waals surface area contributed by atoms with E-state index < -0.39 is 0 Å². The first-order valence-corrected chi connectivity index (χ1v) is 6.72. The Morgan fingerprint density at radius 1 is 1.65 bits per heavy atom. The highest BCUT2D eigenvalue weighted by Crippen LogP contribution is 2.21. The molecule has 1 aromatic rings. The third-order valence-corrected chi connectivity index (χ3v) is 3.79. The van der Waals surface area contributed by atoms with E-state index in [2.05, 4.69) is 10.2 Å². The number of carbonyl (C=O) groups excluding carboxylic acids is 1. The van der Waals surface area contributed by atoms with Gasteiger partial charge in [0, 0.05) is 6.54 Å². The predicted octanol–water partition coefficient (Wildman–Crippen LogP) is 1.83. The van der Waals surface area contributed by atoms with Crippen molar-refractivity contribution in [3.63, 3.8) is 0 Å². The lowest BCUT2D eigenvalue weighted by molar-refractivity contribution is -0.0444. The molecule has 17 heavy (non-hydrogen) atoms. The fourth-order valence-electron chi connectivity index (χ4n) is 1.85. The molecular weight excluding hydrogens is 262 g/mol. The van der Waals surface area contributed by atoms with Crippen molar-refractivity contribution in [2.75, 3.05) is 13.2 Å². The average Bonchev–Trinajstić information content (AvgIpc) is 2.75. The van der Waals surface area contributed by atoms with E-state index in [9.17, 15) is 4.79 Å². The van der Waals surface area contributed by atoms with Crippen molar-refractivity contribution in [3.8, 4) is 0 Å². The van der Waals surface area contributed by atoms with Crippen molar-refractivity contribution < 1.29 is 9.53 Å². The highest BCUT2D eigenvalue weighted by atomic mass is 35.5. The van der Waals surface area contributed by atoms with Gasteiger partial charge in [0.25, 0.3) is 5.91 Å². The minimum absolute atomic E-state index is 0.0603. The van der Waals surface area contributed by atoms with E-state index in [-0.39, 0.29) is 18.1 Å². The minimum Gasteiger partial charge on any atom is -0.375 e. The second-order valence-corrected chi connectivity index (χ2v) is 5.58. The monoisotopic (exact) mass is 275 g/mol. The quantitative estimate of drug-likeness (QED) is 0.826. The molecule has 0 bridgehead atoms. The van der Waals surface area contributed by atoms with Crippen LogP contribution in [-0.2, 0) is 4.74 Å². The van der Waals surface area contributed by atoms with Crippen LogP contribution in [0.2, 0.25) is 4.47 Å². The Morgan fingerprint density at radius 2 is 2.41 bits per heavy atom. The summed E-state index contributed by atoms with van der Waals surface area (Å²) >= 11 is 6.81. The first kappa shape index (κ1) is 12.7. The molecule has 2 heterocycles. The topological polar surface area (TPSA) is 55.3 Å². The number of rotatable bonds is 2. The summed E-state index contributed by atoms with van der Waals surface area (Å²) in [4.78, 5) is 14.1. The Kier molecular flexibility index (Phi) is 3.96. The van der Waals surface area contributed by atoms with Crippen LogP contribution in [-0.4, -0.2) is 46.3 Å². The average molecular weight is 276 g/mol. The van der Waals surface area contributed by atoms with Gasteiger partial charge in [0.2, 0.25) is 9.47 Å². The van der Waals surface area contributed by atoms with Gasteiger partial charge in [-0.25, -0.2) is 0 Å². The van der Waals surface area contributed by atoms with Crippen LogP contribution in [0.5, 0.6) is 0 Å². The zero-order valence-corrected chi connectivity index (χ0v) is 11.3. The lowest BCUT2D eigenvalue weighted by atomic mass is 10.1. The van der Waals surface area contributed by atoms with Crippen LogP contribution in [0.3, 0.4) is 0 Å². The van der Waals surface area contributed by atoms with E-state index in [1.165, 1.54) is 0 Å². The molecule has 1 amide bonds. The summed E-state index contributed by atoms with van der Waals surface area (Å²) in [7, 11) is 0. The van der Waals surface area contributed by atoms with Crippen LogP contribution < -0.4 is 0 Å². The van der Waals surface area contributed by atoms with E-state index in [1.54, 1.807) is 0 Å². The number of amides is 1. The Morgan fingerprint density at radius 3 is 3.00 bits per heavy atom. The maximum Gasteiger partial charge on any atom is 0.285 e. The Labute approximate surface area is 109 Å². The molecule has 2 atom stereocenters. The maximum absolute atomic E-state index is 12.2. The van der Waals surface area contributed by atoms with Crippen molar-refractivity contribution in [2.45, 2.75) is 32.4 Å². The van der Waals surface area contributed by atoms with Crippen LogP contribution in [0.15, 0.2) is 0 Å². The standard InChI is InChI=1S/C10H14ClN3O2S/c1-3-7-5-16-6(2)4-14(7)9(15)8-12-13-10(11)17-8/h6-7H,3-5H2,1-2H3. The lowest BCUT2D eigenvalue weighted by Crippen LogP contribution is -2.51. The second kappa shape index (κ2) is 5.29. The van der Waals surface area contributed by atoms with E-state index >= 15 is 0 Å². The van der Waals surface area contributed by atoms with Gasteiger partial charge >= 0.3 is 0 Å². The highest BCUT2D eigenvalue weighted by molar-refractivity contribution is 7.17. The lowest BCUT2D eigenvalue weighted by Gasteiger charge is -2.37. The second-order valence-electron chi connectivity index (χ2n) is 4.02. The summed E-state index contributed by atoms with van der Waals surface area (Å²) in [5.41, 5.74) is 0. The molecule has 0 radical (unpaired) electrons. The summed E-state index contributed by atoms with van der Waals surface area (Å²) in [6, 6.07) is 0.112. The van der Waals surface area contributed by atoms with Gasteiger partial charge in [-0.3, -0.25) is 4.79 Å². The largest absolute Gasteiger partial charge is 0.375 e. The van der Waals surface area contributed by atoms with Gasteiger partial charge in [0.15, 0.2) is 0 Å². The molecule has 7 heteroatoms. The molecule has 1 fully saturated rings. The highest BCUT2D eigenvalue weighted by Gasteiger charge is 2.31. The molecule has 1 aliphatic heterocycles. The van der Waals surface area contributed by atoms with Crippen molar-refractivity contribution in [3.05, 3.63) is 9.47 Å². The van der Waals surface area contributed by atoms with E-state index in [0.29, 0.717) is 22.6 Å². The molecule has 5 nitrogen and oxygen atoms in total. The van der Waals surface area contributed by atoms with Gasteiger partial charge in [-0.1, -0.05) is 18.3 Å². The fourth-order valence-corrected chi connectivity index (χ4v) is 2.63. The molecule has 0 aliphatic carbocycles. The van der Waals surface area contributed by atoms with Crippen molar-refractivity contribution in [2.24, 2.45) is 0 Å². The summed E-state index contributed by atoms with van der Waals surface area (Å²) in [5.74, 6) is -0.101. The van der Waals surface area contributed by atoms with Crippen LogP contribution in [0.25, 0.3) is 0 Å². The zero-order valence-electron chi connectivity index (χ0n) is 9.72. The van der Waals surface area contributed by atoms with Gasteiger partial charge in [0.05, 0.1) is 18.8 Å². The van der Waals surface area contributed by atoms with E-state index in [1.807, 2.05) is 18.7 Å². The molecular formula is C10H14ClN3O2S. The molecule has 94 valence electrons. The number of halogens is 1. The summed E-state index contributed by atoms with van der Waals surface area (Å²) < 4.78 is 5.84. The van der Waals surface area contributed by atoms with Crippen LogP contribution in [0.4, 0.5) is 0 Å².